The number of thiazole rings is 2. The predicted octanol–water partition coefficient (Wildman–Crippen LogP) is 4.37. The number of thiophene rings is 1. The van der Waals surface area contributed by atoms with Crippen LogP contribution in [0.5, 0.6) is 0 Å². The third-order valence-electron chi connectivity index (χ3n) is 4.11. The minimum Gasteiger partial charge on any atom is -0.349 e. The van der Waals surface area contributed by atoms with Gasteiger partial charge in [0.1, 0.15) is 5.01 Å². The highest BCUT2D eigenvalue weighted by atomic mass is 32.1. The summed E-state index contributed by atoms with van der Waals surface area (Å²) >= 11 is 4.38. The maximum absolute atomic E-state index is 12.3. The summed E-state index contributed by atoms with van der Waals surface area (Å²) < 4.78 is 0. The van der Waals surface area contributed by atoms with Crippen LogP contribution < -0.4 is 10.6 Å². The topological polar surface area (TPSA) is 84.0 Å². The van der Waals surface area contributed by atoms with Gasteiger partial charge in [0.25, 0.3) is 0 Å². The van der Waals surface area contributed by atoms with Crippen LogP contribution in [0.4, 0.5) is 5.13 Å². The van der Waals surface area contributed by atoms with E-state index in [-0.39, 0.29) is 18.2 Å². The number of hydrogen-bond acceptors (Lipinski definition) is 7. The van der Waals surface area contributed by atoms with Crippen molar-refractivity contribution in [2.24, 2.45) is 0 Å². The normalized spacial score (nSPS) is 10.7. The number of amides is 2. The minimum absolute atomic E-state index is 0.110. The highest BCUT2D eigenvalue weighted by Crippen LogP contribution is 2.21. The second kappa shape index (κ2) is 9.75. The Kier molecular flexibility index (Phi) is 6.63. The maximum Gasteiger partial charge on any atom is 0.231 e. The van der Waals surface area contributed by atoms with Gasteiger partial charge >= 0.3 is 0 Å². The van der Waals surface area contributed by atoms with Gasteiger partial charge in [-0.3, -0.25) is 9.59 Å². The number of nitrogens with one attached hydrogen (secondary N) is 2. The van der Waals surface area contributed by atoms with Crippen LogP contribution in [0.25, 0.3) is 11.3 Å². The van der Waals surface area contributed by atoms with Crippen LogP contribution in [0.2, 0.25) is 0 Å². The summed E-state index contributed by atoms with van der Waals surface area (Å²) in [5, 5.41) is 12.7. The first-order chi connectivity index (χ1) is 14.7. The summed E-state index contributed by atoms with van der Waals surface area (Å²) in [7, 11) is 0. The molecule has 9 heteroatoms. The number of benzene rings is 1. The molecule has 0 aliphatic rings. The fraction of sp³-hybridized carbons (Fsp3) is 0.143. The molecule has 152 valence electrons. The van der Waals surface area contributed by atoms with E-state index in [1.165, 1.54) is 22.7 Å². The van der Waals surface area contributed by atoms with Crippen molar-refractivity contribution in [2.45, 2.75) is 19.4 Å². The molecule has 0 spiro atoms. The SMILES string of the molecule is O=C(Cc1csc(NC(=O)Cc2cccs2)n1)NCc1nc(-c2ccccc2)cs1. The zero-order valence-electron chi connectivity index (χ0n) is 15.8. The van der Waals surface area contributed by atoms with Crippen molar-refractivity contribution in [2.75, 3.05) is 5.32 Å². The highest BCUT2D eigenvalue weighted by Gasteiger charge is 2.12. The number of nitrogens with zero attached hydrogens (tertiary/aromatic N) is 2. The van der Waals surface area contributed by atoms with E-state index in [1.807, 2.05) is 53.2 Å². The predicted molar refractivity (Wildman–Crippen MR) is 122 cm³/mol. The Morgan fingerprint density at radius 3 is 2.53 bits per heavy atom. The molecule has 0 saturated heterocycles. The minimum atomic E-state index is -0.131. The first-order valence-electron chi connectivity index (χ1n) is 9.19. The second-order valence-electron chi connectivity index (χ2n) is 6.39. The molecule has 0 aliphatic heterocycles. The van der Waals surface area contributed by atoms with Crippen molar-refractivity contribution in [1.29, 1.82) is 0 Å². The monoisotopic (exact) mass is 454 g/mol. The molecule has 0 atom stereocenters. The van der Waals surface area contributed by atoms with Crippen molar-refractivity contribution in [3.63, 3.8) is 0 Å². The second-order valence-corrected chi connectivity index (χ2v) is 9.23. The molecule has 30 heavy (non-hydrogen) atoms. The lowest BCUT2D eigenvalue weighted by Gasteiger charge is -2.02. The Morgan fingerprint density at radius 2 is 1.73 bits per heavy atom. The maximum atomic E-state index is 12.3. The number of carbonyl (C=O) groups excluding carboxylic acids is 2. The quantitative estimate of drug-likeness (QED) is 0.414. The average Bonchev–Trinajstić information content (AvgIpc) is 3.50. The zero-order valence-corrected chi connectivity index (χ0v) is 18.3. The zero-order chi connectivity index (χ0) is 20.8. The van der Waals surface area contributed by atoms with Crippen LogP contribution in [0.15, 0.2) is 58.6 Å². The highest BCUT2D eigenvalue weighted by molar-refractivity contribution is 7.14. The van der Waals surface area contributed by atoms with Crippen LogP contribution in [-0.4, -0.2) is 21.8 Å². The number of aromatic nitrogens is 2. The molecule has 0 unspecified atom stereocenters. The lowest BCUT2D eigenvalue weighted by molar-refractivity contribution is -0.120. The smallest absolute Gasteiger partial charge is 0.231 e. The van der Waals surface area contributed by atoms with E-state index in [9.17, 15) is 9.59 Å². The van der Waals surface area contributed by atoms with Gasteiger partial charge < -0.3 is 10.6 Å². The Bertz CT molecular complexity index is 1120. The van der Waals surface area contributed by atoms with Crippen molar-refractivity contribution in [3.8, 4) is 11.3 Å². The fourth-order valence-corrected chi connectivity index (χ4v) is 4.89. The van der Waals surface area contributed by atoms with E-state index in [4.69, 9.17) is 0 Å². The van der Waals surface area contributed by atoms with Gasteiger partial charge in [0.15, 0.2) is 5.13 Å². The van der Waals surface area contributed by atoms with Gasteiger partial charge in [0.2, 0.25) is 11.8 Å². The van der Waals surface area contributed by atoms with E-state index in [0.717, 1.165) is 21.1 Å². The Morgan fingerprint density at radius 1 is 0.867 bits per heavy atom. The third-order valence-corrected chi connectivity index (χ3v) is 6.64. The summed E-state index contributed by atoms with van der Waals surface area (Å²) in [6, 6.07) is 13.8. The van der Waals surface area contributed by atoms with Gasteiger partial charge in [-0.15, -0.1) is 34.0 Å². The van der Waals surface area contributed by atoms with E-state index < -0.39 is 0 Å². The first-order valence-corrected chi connectivity index (χ1v) is 11.8. The van der Waals surface area contributed by atoms with Crippen LogP contribution >= 0.6 is 34.0 Å². The molecular weight excluding hydrogens is 436 g/mol. The van der Waals surface area contributed by atoms with Crippen LogP contribution in [0.3, 0.4) is 0 Å². The van der Waals surface area contributed by atoms with Crippen LogP contribution in [0, 0.1) is 0 Å². The lowest BCUT2D eigenvalue weighted by atomic mass is 10.2. The molecule has 0 fully saturated rings. The summed E-state index contributed by atoms with van der Waals surface area (Å²) in [6.07, 6.45) is 0.486. The van der Waals surface area contributed by atoms with Gasteiger partial charge in [-0.05, 0) is 11.4 Å². The van der Waals surface area contributed by atoms with Crippen molar-refractivity contribution < 1.29 is 9.59 Å². The summed E-state index contributed by atoms with van der Waals surface area (Å²) in [5.41, 5.74) is 2.60. The standard InChI is InChI=1S/C21H18N4O2S3/c26-18(22-11-20-24-17(13-29-20)14-5-2-1-3-6-14)9-15-12-30-21(23-15)25-19(27)10-16-7-4-8-28-16/h1-8,12-13H,9-11H2,(H,22,26)(H,23,25,27). The van der Waals surface area contributed by atoms with Crippen molar-refractivity contribution in [1.82, 2.24) is 15.3 Å². The molecule has 4 rings (SSSR count). The molecule has 6 nitrogen and oxygen atoms in total. The molecule has 1 aromatic carbocycles. The van der Waals surface area contributed by atoms with Gasteiger partial charge in [-0.25, -0.2) is 9.97 Å². The molecule has 0 bridgehead atoms. The van der Waals surface area contributed by atoms with E-state index in [0.29, 0.717) is 23.8 Å². The number of anilines is 1. The van der Waals surface area contributed by atoms with E-state index in [1.54, 1.807) is 16.7 Å². The van der Waals surface area contributed by atoms with E-state index >= 15 is 0 Å². The van der Waals surface area contributed by atoms with Gasteiger partial charge in [0, 0.05) is 21.2 Å². The molecule has 0 aliphatic carbocycles. The van der Waals surface area contributed by atoms with Gasteiger partial charge in [0.05, 0.1) is 30.8 Å². The Labute approximate surface area is 185 Å². The van der Waals surface area contributed by atoms with Crippen LogP contribution in [0.1, 0.15) is 15.6 Å². The third kappa shape index (κ3) is 5.59. The lowest BCUT2D eigenvalue weighted by Crippen LogP contribution is -2.24. The molecule has 2 amide bonds. The largest absolute Gasteiger partial charge is 0.349 e. The molecule has 4 aromatic rings. The number of carbonyl (C=O) groups is 2. The molecule has 2 N–H and O–H groups in total. The molecule has 0 radical (unpaired) electrons. The van der Waals surface area contributed by atoms with Gasteiger partial charge in [-0.2, -0.15) is 0 Å². The average molecular weight is 455 g/mol. The molecule has 3 aromatic heterocycles. The van der Waals surface area contributed by atoms with Gasteiger partial charge in [-0.1, -0.05) is 36.4 Å². The summed E-state index contributed by atoms with van der Waals surface area (Å²) in [5.74, 6) is -0.242. The molecular formula is C21H18N4O2S3. The fourth-order valence-electron chi connectivity index (χ4n) is 2.72. The summed E-state index contributed by atoms with van der Waals surface area (Å²) in [6.45, 7) is 0.380. The van der Waals surface area contributed by atoms with E-state index in [2.05, 4.69) is 20.6 Å². The van der Waals surface area contributed by atoms with Crippen molar-refractivity contribution in [3.05, 3.63) is 74.2 Å². The summed E-state index contributed by atoms with van der Waals surface area (Å²) in [4.78, 5) is 34.2. The molecule has 0 saturated carbocycles. The Hall–Kier alpha value is -2.88. The van der Waals surface area contributed by atoms with Crippen LogP contribution in [-0.2, 0) is 29.0 Å². The first kappa shape index (κ1) is 20.4. The van der Waals surface area contributed by atoms with Crippen molar-refractivity contribution >= 4 is 51.0 Å². The molecule has 3 heterocycles. The number of hydrogen-bond donors (Lipinski definition) is 2. The Balaban J connectivity index is 1.25. The number of rotatable bonds is 8.